The summed E-state index contributed by atoms with van der Waals surface area (Å²) in [7, 11) is 0. The first kappa shape index (κ1) is 10.0. The smallest absolute Gasteiger partial charge is 0.326 e. The first-order valence-electron chi connectivity index (χ1n) is 4.17. The highest BCUT2D eigenvalue weighted by Gasteiger charge is 2.47. The Morgan fingerprint density at radius 1 is 1.92 bits per heavy atom. The molecule has 0 amide bonds. The normalized spacial score (nSPS) is 32.8. The highest BCUT2D eigenvalue weighted by Crippen LogP contribution is 2.25. The van der Waals surface area contributed by atoms with Crippen LogP contribution in [-0.4, -0.2) is 35.9 Å². The van der Waals surface area contributed by atoms with E-state index in [-0.39, 0.29) is 12.6 Å². The summed E-state index contributed by atoms with van der Waals surface area (Å²) in [6, 6.07) is 0. The Labute approximate surface area is 77.3 Å². The number of hydrogen-bond acceptors (Lipinski definition) is 3. The molecule has 0 spiro atoms. The maximum Gasteiger partial charge on any atom is 0.326 e. The molecule has 1 heterocycles. The molecular formula is C9H13NO3. The van der Waals surface area contributed by atoms with Crippen LogP contribution >= 0.6 is 0 Å². The molecule has 0 radical (unpaired) electrons. The van der Waals surface area contributed by atoms with Crippen LogP contribution in [0.1, 0.15) is 13.3 Å². The molecule has 1 aliphatic heterocycles. The van der Waals surface area contributed by atoms with Crippen molar-refractivity contribution in [2.24, 2.45) is 0 Å². The molecule has 4 nitrogen and oxygen atoms in total. The number of carboxylic acids is 1. The van der Waals surface area contributed by atoms with Gasteiger partial charge in [0.1, 0.15) is 5.54 Å². The van der Waals surface area contributed by atoms with Crippen molar-refractivity contribution >= 4 is 5.97 Å². The SMILES string of the molecule is C#CCNC1(C(=O)O)CCOC1C. The van der Waals surface area contributed by atoms with E-state index in [0.29, 0.717) is 13.0 Å². The lowest BCUT2D eigenvalue weighted by molar-refractivity contribution is -0.146. The van der Waals surface area contributed by atoms with Crippen LogP contribution in [0.3, 0.4) is 0 Å². The Balaban J connectivity index is 2.76. The van der Waals surface area contributed by atoms with E-state index in [1.807, 2.05) is 0 Å². The molecular weight excluding hydrogens is 170 g/mol. The number of ether oxygens (including phenoxy) is 1. The lowest BCUT2D eigenvalue weighted by Gasteiger charge is -2.27. The molecule has 0 aliphatic carbocycles. The second-order valence-electron chi connectivity index (χ2n) is 3.10. The third-order valence-corrected chi connectivity index (χ3v) is 2.45. The van der Waals surface area contributed by atoms with Gasteiger partial charge in [0.25, 0.3) is 0 Å². The van der Waals surface area contributed by atoms with Crippen molar-refractivity contribution in [1.29, 1.82) is 0 Å². The van der Waals surface area contributed by atoms with Crippen molar-refractivity contribution in [3.05, 3.63) is 0 Å². The number of aliphatic carboxylic acids is 1. The lowest BCUT2D eigenvalue weighted by atomic mass is 9.92. The van der Waals surface area contributed by atoms with Crippen molar-refractivity contribution in [1.82, 2.24) is 5.32 Å². The predicted octanol–water partition coefficient (Wildman–Crippen LogP) is -0.159. The summed E-state index contributed by atoms with van der Waals surface area (Å²) in [6.07, 6.45) is 5.19. The fourth-order valence-corrected chi connectivity index (χ4v) is 1.54. The van der Waals surface area contributed by atoms with E-state index < -0.39 is 11.5 Å². The molecule has 2 N–H and O–H groups in total. The first-order chi connectivity index (χ1) is 6.13. The highest BCUT2D eigenvalue weighted by atomic mass is 16.5. The summed E-state index contributed by atoms with van der Waals surface area (Å²) in [5, 5.41) is 11.9. The third kappa shape index (κ3) is 1.67. The Bertz CT molecular complexity index is 246. The van der Waals surface area contributed by atoms with E-state index in [1.54, 1.807) is 6.92 Å². The number of carboxylic acid groups (broad SMARTS) is 1. The van der Waals surface area contributed by atoms with Gasteiger partial charge in [-0.1, -0.05) is 5.92 Å². The fraction of sp³-hybridized carbons (Fsp3) is 0.667. The monoisotopic (exact) mass is 183 g/mol. The largest absolute Gasteiger partial charge is 0.480 e. The molecule has 0 bridgehead atoms. The van der Waals surface area contributed by atoms with Crippen molar-refractivity contribution in [2.45, 2.75) is 25.0 Å². The maximum absolute atomic E-state index is 11.0. The summed E-state index contributed by atoms with van der Waals surface area (Å²) in [5.41, 5.74) is -0.994. The summed E-state index contributed by atoms with van der Waals surface area (Å²) in [6.45, 7) is 2.45. The van der Waals surface area contributed by atoms with E-state index in [4.69, 9.17) is 16.3 Å². The number of terminal acetylenes is 1. The third-order valence-electron chi connectivity index (χ3n) is 2.45. The van der Waals surface area contributed by atoms with Gasteiger partial charge < -0.3 is 9.84 Å². The van der Waals surface area contributed by atoms with Gasteiger partial charge in [0.05, 0.1) is 12.6 Å². The Morgan fingerprint density at radius 2 is 2.62 bits per heavy atom. The molecule has 1 aliphatic rings. The maximum atomic E-state index is 11.0. The summed E-state index contributed by atoms with van der Waals surface area (Å²) in [4.78, 5) is 11.0. The topological polar surface area (TPSA) is 58.6 Å². The summed E-state index contributed by atoms with van der Waals surface area (Å²) < 4.78 is 5.22. The van der Waals surface area contributed by atoms with E-state index >= 15 is 0 Å². The zero-order chi connectivity index (χ0) is 9.90. The molecule has 4 heteroatoms. The van der Waals surface area contributed by atoms with Gasteiger partial charge >= 0.3 is 5.97 Å². The number of rotatable bonds is 3. The quantitative estimate of drug-likeness (QED) is 0.597. The van der Waals surface area contributed by atoms with Gasteiger partial charge in [-0.2, -0.15) is 0 Å². The van der Waals surface area contributed by atoms with Crippen LogP contribution in [0.2, 0.25) is 0 Å². The van der Waals surface area contributed by atoms with Crippen LogP contribution < -0.4 is 5.32 Å². The molecule has 1 rings (SSSR count). The minimum Gasteiger partial charge on any atom is -0.480 e. The minimum absolute atomic E-state index is 0.250. The first-order valence-corrected chi connectivity index (χ1v) is 4.17. The fourth-order valence-electron chi connectivity index (χ4n) is 1.54. The molecule has 0 aromatic heterocycles. The molecule has 0 aromatic rings. The number of carbonyl (C=O) groups is 1. The molecule has 2 unspecified atom stereocenters. The predicted molar refractivity (Wildman–Crippen MR) is 47.2 cm³/mol. The van der Waals surface area contributed by atoms with Crippen LogP contribution in [0.4, 0.5) is 0 Å². The van der Waals surface area contributed by atoms with Crippen LogP contribution in [0, 0.1) is 12.3 Å². The van der Waals surface area contributed by atoms with Crippen LogP contribution in [0.25, 0.3) is 0 Å². The van der Waals surface area contributed by atoms with Crippen LogP contribution in [0.5, 0.6) is 0 Å². The molecule has 0 saturated carbocycles. The zero-order valence-electron chi connectivity index (χ0n) is 7.54. The lowest BCUT2D eigenvalue weighted by Crippen LogP contribution is -2.56. The second-order valence-corrected chi connectivity index (χ2v) is 3.10. The number of hydrogen-bond donors (Lipinski definition) is 2. The second kappa shape index (κ2) is 3.77. The standard InChI is InChI=1S/C9H13NO3/c1-3-5-10-9(8(11)12)4-6-13-7(9)2/h1,7,10H,4-6H2,2H3,(H,11,12). The summed E-state index contributed by atoms with van der Waals surface area (Å²) >= 11 is 0. The average molecular weight is 183 g/mol. The van der Waals surface area contributed by atoms with Gasteiger partial charge in [-0.3, -0.25) is 10.1 Å². The number of nitrogens with one attached hydrogen (secondary N) is 1. The molecule has 13 heavy (non-hydrogen) atoms. The van der Waals surface area contributed by atoms with Gasteiger partial charge in [-0.15, -0.1) is 6.42 Å². The van der Waals surface area contributed by atoms with Gasteiger partial charge in [0.2, 0.25) is 0 Å². The van der Waals surface area contributed by atoms with Crippen LogP contribution in [0.15, 0.2) is 0 Å². The average Bonchev–Trinajstić information content (AvgIpc) is 2.45. The zero-order valence-corrected chi connectivity index (χ0v) is 7.54. The molecule has 2 atom stereocenters. The van der Waals surface area contributed by atoms with Gasteiger partial charge in [-0.05, 0) is 6.92 Å². The Hall–Kier alpha value is -1.05. The van der Waals surface area contributed by atoms with Crippen LogP contribution in [-0.2, 0) is 9.53 Å². The Kier molecular flexibility index (Phi) is 2.91. The summed E-state index contributed by atoms with van der Waals surface area (Å²) in [5.74, 6) is 1.47. The molecule has 1 fully saturated rings. The van der Waals surface area contributed by atoms with Crippen molar-refractivity contribution in [3.63, 3.8) is 0 Å². The van der Waals surface area contributed by atoms with Crippen molar-refractivity contribution in [2.75, 3.05) is 13.2 Å². The van der Waals surface area contributed by atoms with Gasteiger partial charge in [0.15, 0.2) is 0 Å². The van der Waals surface area contributed by atoms with Crippen molar-refractivity contribution in [3.8, 4) is 12.3 Å². The van der Waals surface area contributed by atoms with E-state index in [9.17, 15) is 4.79 Å². The highest BCUT2D eigenvalue weighted by molar-refractivity contribution is 5.80. The van der Waals surface area contributed by atoms with Gasteiger partial charge in [0, 0.05) is 13.0 Å². The van der Waals surface area contributed by atoms with E-state index in [2.05, 4.69) is 11.2 Å². The molecule has 1 saturated heterocycles. The van der Waals surface area contributed by atoms with Gasteiger partial charge in [-0.25, -0.2) is 0 Å². The Morgan fingerprint density at radius 3 is 3.00 bits per heavy atom. The van der Waals surface area contributed by atoms with E-state index in [1.165, 1.54) is 0 Å². The molecule has 72 valence electrons. The van der Waals surface area contributed by atoms with Crippen molar-refractivity contribution < 1.29 is 14.6 Å². The minimum atomic E-state index is -0.994. The molecule has 0 aromatic carbocycles. The van der Waals surface area contributed by atoms with E-state index in [0.717, 1.165) is 0 Å².